The molecule has 1 aliphatic rings. The van der Waals surface area contributed by atoms with Crippen molar-refractivity contribution in [2.75, 3.05) is 18.1 Å². The van der Waals surface area contributed by atoms with E-state index in [0.29, 0.717) is 18.4 Å². The molecule has 10 nitrogen and oxygen atoms in total. The second kappa shape index (κ2) is 9.82. The van der Waals surface area contributed by atoms with Crippen LogP contribution >= 0.6 is 0 Å². The smallest absolute Gasteiger partial charge is 0.422 e. The zero-order valence-electron chi connectivity index (χ0n) is 19.9. The molecule has 0 radical (unpaired) electrons. The number of carbonyl (C=O) groups excluding carboxylic acids is 1. The van der Waals surface area contributed by atoms with Crippen molar-refractivity contribution in [2.24, 2.45) is 0 Å². The summed E-state index contributed by atoms with van der Waals surface area (Å²) < 4.78 is 73.5. The average Bonchev–Trinajstić information content (AvgIpc) is 3.24. The molecule has 0 saturated carbocycles. The van der Waals surface area contributed by atoms with Crippen LogP contribution in [0.5, 0.6) is 17.4 Å². The summed E-state index contributed by atoms with van der Waals surface area (Å²) in [5.41, 5.74) is 0.122. The predicted octanol–water partition coefficient (Wildman–Crippen LogP) is 3.21. The van der Waals surface area contributed by atoms with Crippen LogP contribution in [0, 0.1) is 0 Å². The van der Waals surface area contributed by atoms with Crippen molar-refractivity contribution < 1.29 is 41.0 Å². The van der Waals surface area contributed by atoms with Gasteiger partial charge in [-0.15, -0.1) is 0 Å². The minimum Gasteiger partial charge on any atom is -0.478 e. The molecule has 0 aromatic carbocycles. The van der Waals surface area contributed by atoms with Gasteiger partial charge in [-0.1, -0.05) is 0 Å². The van der Waals surface area contributed by atoms with E-state index in [9.17, 15) is 31.5 Å². The third-order valence-corrected chi connectivity index (χ3v) is 7.59. The predicted molar refractivity (Wildman–Crippen MR) is 125 cm³/mol. The average molecular weight is 543 g/mol. The van der Waals surface area contributed by atoms with E-state index >= 15 is 0 Å². The molecule has 1 saturated heterocycles. The normalized spacial score (nSPS) is 17.8. The lowest BCUT2D eigenvalue weighted by Gasteiger charge is -2.34. The number of nitrogens with zero attached hydrogens (tertiary/aromatic N) is 3. The first-order valence-electron chi connectivity index (χ1n) is 11.3. The highest BCUT2D eigenvalue weighted by Crippen LogP contribution is 2.33. The van der Waals surface area contributed by atoms with Crippen molar-refractivity contribution in [1.82, 2.24) is 19.9 Å². The van der Waals surface area contributed by atoms with E-state index in [1.165, 1.54) is 48.1 Å². The number of hydrogen-bond acceptors (Lipinski definition) is 8. The molecule has 200 valence electrons. The SMILES string of the molecule is CC(O)c1cnc(Oc2ccn3nc(C(=O)NC4(C)CCS(=O)(=O)CC4)cc3c2)c(OCC(F)(F)F)c1. The molecule has 0 aliphatic carbocycles. The molecule has 1 atom stereocenters. The Kier molecular flexibility index (Phi) is 7.08. The maximum atomic E-state index is 12.8. The summed E-state index contributed by atoms with van der Waals surface area (Å²) in [5.74, 6) is -0.820. The van der Waals surface area contributed by atoms with E-state index in [1.807, 2.05) is 0 Å². The van der Waals surface area contributed by atoms with E-state index in [1.54, 1.807) is 6.92 Å². The molecule has 0 bridgehead atoms. The van der Waals surface area contributed by atoms with E-state index in [-0.39, 0.29) is 40.1 Å². The third-order valence-electron chi connectivity index (χ3n) is 5.94. The largest absolute Gasteiger partial charge is 0.478 e. The Morgan fingerprint density at radius 2 is 1.97 bits per heavy atom. The van der Waals surface area contributed by atoms with Gasteiger partial charge >= 0.3 is 6.18 Å². The van der Waals surface area contributed by atoms with Crippen LogP contribution in [0.25, 0.3) is 5.52 Å². The van der Waals surface area contributed by atoms with Gasteiger partial charge in [-0.25, -0.2) is 17.9 Å². The van der Waals surface area contributed by atoms with Gasteiger partial charge in [-0.2, -0.15) is 18.3 Å². The topological polar surface area (TPSA) is 132 Å². The Labute approximate surface area is 210 Å². The summed E-state index contributed by atoms with van der Waals surface area (Å²) >= 11 is 0. The number of pyridine rings is 2. The summed E-state index contributed by atoms with van der Waals surface area (Å²) in [6.45, 7) is 1.65. The van der Waals surface area contributed by atoms with Gasteiger partial charge in [0.05, 0.1) is 23.1 Å². The molecular weight excluding hydrogens is 517 g/mol. The lowest BCUT2D eigenvalue weighted by atomic mass is 9.94. The quantitative estimate of drug-likeness (QED) is 0.465. The minimum atomic E-state index is -4.59. The summed E-state index contributed by atoms with van der Waals surface area (Å²) in [6, 6.07) is 5.70. The first-order valence-corrected chi connectivity index (χ1v) is 13.1. The number of sulfone groups is 1. The monoisotopic (exact) mass is 542 g/mol. The third kappa shape index (κ3) is 6.68. The number of halogens is 3. The van der Waals surface area contributed by atoms with Crippen molar-refractivity contribution in [3.8, 4) is 17.4 Å². The van der Waals surface area contributed by atoms with E-state index in [0.717, 1.165) is 0 Å². The number of amides is 1. The Hall–Kier alpha value is -3.39. The molecule has 14 heteroatoms. The Balaban J connectivity index is 1.53. The summed E-state index contributed by atoms with van der Waals surface area (Å²) in [6.07, 6.45) is -2.22. The molecule has 0 spiro atoms. The number of aliphatic hydroxyl groups excluding tert-OH is 1. The Bertz CT molecular complexity index is 1410. The van der Waals surface area contributed by atoms with Crippen molar-refractivity contribution in [2.45, 2.75) is 44.5 Å². The number of ether oxygens (including phenoxy) is 2. The first kappa shape index (κ1) is 26.7. The number of hydrogen-bond donors (Lipinski definition) is 2. The van der Waals surface area contributed by atoms with Crippen molar-refractivity contribution in [3.05, 3.63) is 47.9 Å². The molecular formula is C23H25F3N4O6S. The summed E-state index contributed by atoms with van der Waals surface area (Å²) in [4.78, 5) is 16.8. The van der Waals surface area contributed by atoms with Gasteiger partial charge in [-0.3, -0.25) is 4.79 Å². The maximum Gasteiger partial charge on any atom is 0.422 e. The molecule has 2 N–H and O–H groups in total. The zero-order chi connectivity index (χ0) is 27.0. The van der Waals surface area contributed by atoms with Gasteiger partial charge in [0.15, 0.2) is 18.1 Å². The standard InChI is InChI=1S/C23H25F3N4O6S/c1-14(31)15-9-19(35-13-23(24,25)26)21(27-12-15)36-17-3-6-30-16(10-17)11-18(29-30)20(32)28-22(2)4-7-37(33,34)8-5-22/h3,6,9-12,14,31H,4-5,7-8,13H2,1-2H3,(H,28,32). The zero-order valence-corrected chi connectivity index (χ0v) is 20.8. The van der Waals surface area contributed by atoms with Crippen molar-refractivity contribution in [1.29, 1.82) is 0 Å². The number of aromatic nitrogens is 3. The second-order valence-electron chi connectivity index (χ2n) is 9.18. The lowest BCUT2D eigenvalue weighted by Crippen LogP contribution is -2.51. The van der Waals surface area contributed by atoms with Gasteiger partial charge in [0.2, 0.25) is 0 Å². The lowest BCUT2D eigenvalue weighted by molar-refractivity contribution is -0.153. The second-order valence-corrected chi connectivity index (χ2v) is 11.5. The number of carbonyl (C=O) groups is 1. The van der Waals surface area contributed by atoms with Crippen LogP contribution in [0.4, 0.5) is 13.2 Å². The minimum absolute atomic E-state index is 0.00342. The molecule has 3 aromatic rings. The van der Waals surface area contributed by atoms with Crippen molar-refractivity contribution in [3.63, 3.8) is 0 Å². The fraction of sp³-hybridized carbons (Fsp3) is 0.435. The fourth-order valence-electron chi connectivity index (χ4n) is 3.73. The molecule has 1 fully saturated rings. The van der Waals surface area contributed by atoms with Gasteiger partial charge in [-0.05, 0) is 44.9 Å². The number of alkyl halides is 3. The van der Waals surface area contributed by atoms with Gasteiger partial charge in [0, 0.05) is 29.6 Å². The highest BCUT2D eigenvalue weighted by atomic mass is 32.2. The number of aliphatic hydroxyl groups is 1. The fourth-order valence-corrected chi connectivity index (χ4v) is 5.45. The molecule has 3 aromatic heterocycles. The highest BCUT2D eigenvalue weighted by molar-refractivity contribution is 7.91. The Morgan fingerprint density at radius 3 is 2.62 bits per heavy atom. The summed E-state index contributed by atoms with van der Waals surface area (Å²) in [7, 11) is -3.09. The van der Waals surface area contributed by atoms with Crippen LogP contribution in [0.3, 0.4) is 0 Å². The molecule has 4 heterocycles. The molecule has 1 unspecified atom stereocenters. The van der Waals surface area contributed by atoms with Crippen LogP contribution in [0.2, 0.25) is 0 Å². The van der Waals surface area contributed by atoms with Crippen LogP contribution < -0.4 is 14.8 Å². The van der Waals surface area contributed by atoms with Gasteiger partial charge in [0.1, 0.15) is 15.6 Å². The molecule has 4 rings (SSSR count). The van der Waals surface area contributed by atoms with Crippen LogP contribution in [0.1, 0.15) is 48.8 Å². The van der Waals surface area contributed by atoms with E-state index in [4.69, 9.17) is 9.47 Å². The molecule has 1 aliphatic heterocycles. The van der Waals surface area contributed by atoms with Crippen LogP contribution in [0.15, 0.2) is 36.7 Å². The van der Waals surface area contributed by atoms with Gasteiger partial charge in [0.25, 0.3) is 11.8 Å². The van der Waals surface area contributed by atoms with Crippen LogP contribution in [-0.2, 0) is 9.84 Å². The Morgan fingerprint density at radius 1 is 1.27 bits per heavy atom. The van der Waals surface area contributed by atoms with Crippen molar-refractivity contribution >= 4 is 21.3 Å². The van der Waals surface area contributed by atoms with E-state index < -0.39 is 40.2 Å². The maximum absolute atomic E-state index is 12.8. The van der Waals surface area contributed by atoms with Gasteiger partial charge < -0.3 is 19.9 Å². The number of rotatable bonds is 7. The summed E-state index contributed by atoms with van der Waals surface area (Å²) in [5, 5.41) is 16.8. The molecule has 1 amide bonds. The van der Waals surface area contributed by atoms with Crippen LogP contribution in [-0.4, -0.2) is 63.9 Å². The molecule has 37 heavy (non-hydrogen) atoms. The number of fused-ring (bicyclic) bond motifs is 1. The number of nitrogens with one attached hydrogen (secondary N) is 1. The first-order chi connectivity index (χ1) is 17.2. The highest BCUT2D eigenvalue weighted by Gasteiger charge is 2.35. The van der Waals surface area contributed by atoms with E-state index in [2.05, 4.69) is 15.4 Å².